The first-order chi connectivity index (χ1) is 12.0. The molecule has 2 rings (SSSR count). The number of ether oxygens (including phenoxy) is 2. The number of nitrogens with one attached hydrogen (secondary N) is 1. The molecule has 0 unspecified atom stereocenters. The van der Waals surface area contributed by atoms with E-state index in [0.717, 1.165) is 31.9 Å². The number of benzene rings is 1. The van der Waals surface area contributed by atoms with Crippen molar-refractivity contribution in [2.45, 2.75) is 25.9 Å². The van der Waals surface area contributed by atoms with Crippen molar-refractivity contribution in [2.24, 2.45) is 0 Å². The van der Waals surface area contributed by atoms with Gasteiger partial charge in [-0.05, 0) is 37.6 Å². The third-order valence-electron chi connectivity index (χ3n) is 4.47. The highest BCUT2D eigenvalue weighted by atomic mass is 16.5. The summed E-state index contributed by atoms with van der Waals surface area (Å²) in [7, 11) is 1.35. The molecule has 0 radical (unpaired) electrons. The van der Waals surface area contributed by atoms with E-state index in [1.165, 1.54) is 13.2 Å². The Morgan fingerprint density at radius 1 is 1.20 bits per heavy atom. The summed E-state index contributed by atoms with van der Waals surface area (Å²) in [4.78, 5) is 25.8. The van der Waals surface area contributed by atoms with Gasteiger partial charge in [-0.25, -0.2) is 4.79 Å². The van der Waals surface area contributed by atoms with Crippen LogP contribution in [0.4, 0.5) is 0 Å². The van der Waals surface area contributed by atoms with Crippen molar-refractivity contribution in [1.82, 2.24) is 10.2 Å². The molecule has 2 atom stereocenters. The van der Waals surface area contributed by atoms with Crippen LogP contribution in [0.2, 0.25) is 0 Å². The first kappa shape index (κ1) is 19.1. The lowest BCUT2D eigenvalue weighted by Crippen LogP contribution is -2.51. The molecule has 1 aliphatic rings. The molecule has 0 aromatic heterocycles. The van der Waals surface area contributed by atoms with E-state index in [0.29, 0.717) is 5.56 Å². The van der Waals surface area contributed by atoms with Crippen LogP contribution in [0.5, 0.6) is 0 Å². The van der Waals surface area contributed by atoms with E-state index in [1.807, 2.05) is 6.92 Å². The minimum atomic E-state index is -0.376. The van der Waals surface area contributed by atoms with Crippen LogP contribution in [0.15, 0.2) is 30.3 Å². The van der Waals surface area contributed by atoms with Crippen molar-refractivity contribution >= 4 is 18.0 Å². The van der Waals surface area contributed by atoms with E-state index >= 15 is 0 Å². The molecule has 0 aliphatic carbocycles. The number of carbonyl (C=O) groups excluding carboxylic acids is 2. The fraction of sp³-hybridized carbons (Fsp3) is 0.474. The van der Waals surface area contributed by atoms with Gasteiger partial charge in [-0.1, -0.05) is 12.1 Å². The summed E-state index contributed by atoms with van der Waals surface area (Å²) in [6.45, 7) is 7.40. The molecule has 1 saturated heterocycles. The average Bonchev–Trinajstić information content (AvgIpc) is 2.66. The maximum atomic E-state index is 12.1. The van der Waals surface area contributed by atoms with Gasteiger partial charge < -0.3 is 14.8 Å². The summed E-state index contributed by atoms with van der Waals surface area (Å²) in [6.07, 6.45) is 3.23. The van der Waals surface area contributed by atoms with Crippen molar-refractivity contribution in [3.8, 4) is 0 Å². The van der Waals surface area contributed by atoms with Gasteiger partial charge in [-0.2, -0.15) is 0 Å². The largest absolute Gasteiger partial charge is 0.465 e. The average molecular weight is 346 g/mol. The molecule has 0 spiro atoms. The Morgan fingerprint density at radius 2 is 1.84 bits per heavy atom. The van der Waals surface area contributed by atoms with Gasteiger partial charge >= 0.3 is 5.97 Å². The second-order valence-electron chi connectivity index (χ2n) is 6.13. The molecule has 1 N–H and O–H groups in total. The van der Waals surface area contributed by atoms with Gasteiger partial charge in [0.25, 0.3) is 0 Å². The van der Waals surface area contributed by atoms with E-state index in [9.17, 15) is 9.59 Å². The first-order valence-electron chi connectivity index (χ1n) is 8.50. The first-order valence-corrected chi connectivity index (χ1v) is 8.50. The number of hydrogen-bond donors (Lipinski definition) is 1. The van der Waals surface area contributed by atoms with Crippen LogP contribution in [0.1, 0.15) is 29.8 Å². The Hall–Kier alpha value is -2.18. The third-order valence-corrected chi connectivity index (χ3v) is 4.47. The third kappa shape index (κ3) is 5.69. The number of amides is 1. The van der Waals surface area contributed by atoms with Gasteiger partial charge in [-0.15, -0.1) is 0 Å². The maximum absolute atomic E-state index is 12.1. The van der Waals surface area contributed by atoms with Crippen molar-refractivity contribution in [3.05, 3.63) is 41.5 Å². The van der Waals surface area contributed by atoms with E-state index in [4.69, 9.17) is 4.74 Å². The number of nitrogens with zero attached hydrogens (tertiary/aromatic N) is 1. The number of esters is 1. The predicted molar refractivity (Wildman–Crippen MR) is 96.3 cm³/mol. The van der Waals surface area contributed by atoms with Crippen molar-refractivity contribution in [1.29, 1.82) is 0 Å². The highest BCUT2D eigenvalue weighted by Gasteiger charge is 2.22. The van der Waals surface area contributed by atoms with E-state index < -0.39 is 0 Å². The minimum Gasteiger partial charge on any atom is -0.465 e. The highest BCUT2D eigenvalue weighted by Crippen LogP contribution is 2.09. The Balaban J connectivity index is 1.86. The lowest BCUT2D eigenvalue weighted by atomic mass is 10.1. The summed E-state index contributed by atoms with van der Waals surface area (Å²) in [6, 6.07) is 7.18. The molecule has 0 saturated carbocycles. The summed E-state index contributed by atoms with van der Waals surface area (Å²) in [5, 5.41) is 3.00. The summed E-state index contributed by atoms with van der Waals surface area (Å²) < 4.78 is 10.0. The van der Waals surface area contributed by atoms with Crippen LogP contribution in [0.3, 0.4) is 0 Å². The standard InChI is InChI=1S/C19H26N2O4/c1-14(15(2)21-10-12-25-13-11-21)20-18(22)9-6-16-4-7-17(8-5-16)19(23)24-3/h4-9,14-15H,10-13H2,1-3H3,(H,20,22)/b9-6-/t14-,15+/m1/s1. The molecule has 1 amide bonds. The van der Waals surface area contributed by atoms with Gasteiger partial charge in [0.15, 0.2) is 0 Å². The van der Waals surface area contributed by atoms with Crippen molar-refractivity contribution in [2.75, 3.05) is 33.4 Å². The Labute approximate surface area is 148 Å². The Kier molecular flexibility index (Phi) is 7.16. The number of morpholine rings is 1. The molecule has 6 heteroatoms. The van der Waals surface area contributed by atoms with Crippen LogP contribution < -0.4 is 5.32 Å². The topological polar surface area (TPSA) is 67.9 Å². The highest BCUT2D eigenvalue weighted by molar-refractivity contribution is 5.92. The zero-order valence-electron chi connectivity index (χ0n) is 15.0. The smallest absolute Gasteiger partial charge is 0.337 e. The Morgan fingerprint density at radius 3 is 2.44 bits per heavy atom. The number of hydrogen-bond acceptors (Lipinski definition) is 5. The summed E-state index contributed by atoms with van der Waals surface area (Å²) in [5.74, 6) is -0.510. The molecule has 6 nitrogen and oxygen atoms in total. The van der Waals surface area contributed by atoms with Crippen LogP contribution in [0.25, 0.3) is 6.08 Å². The Bertz CT molecular complexity index is 606. The lowest BCUT2D eigenvalue weighted by molar-refractivity contribution is -0.117. The molecular formula is C19H26N2O4. The summed E-state index contributed by atoms with van der Waals surface area (Å²) in [5.41, 5.74) is 1.33. The van der Waals surface area contributed by atoms with E-state index in [1.54, 1.807) is 30.3 Å². The summed E-state index contributed by atoms with van der Waals surface area (Å²) >= 11 is 0. The normalized spacial score (nSPS) is 17.9. The second kappa shape index (κ2) is 9.34. The molecule has 1 aromatic carbocycles. The SMILES string of the molecule is COC(=O)c1ccc(/C=C\C(=O)N[C@H](C)[C@H](C)N2CCOCC2)cc1. The molecule has 136 valence electrons. The predicted octanol–water partition coefficient (Wildman–Crippen LogP) is 1.71. The fourth-order valence-corrected chi connectivity index (χ4v) is 2.71. The zero-order valence-corrected chi connectivity index (χ0v) is 15.0. The van der Waals surface area contributed by atoms with Gasteiger partial charge in [0, 0.05) is 31.2 Å². The number of methoxy groups -OCH3 is 1. The van der Waals surface area contributed by atoms with Gasteiger partial charge in [0.2, 0.25) is 5.91 Å². The lowest BCUT2D eigenvalue weighted by Gasteiger charge is -2.35. The van der Waals surface area contributed by atoms with Crippen LogP contribution in [-0.2, 0) is 14.3 Å². The molecule has 25 heavy (non-hydrogen) atoms. The van der Waals surface area contributed by atoms with Crippen LogP contribution in [-0.4, -0.2) is 62.3 Å². The van der Waals surface area contributed by atoms with Crippen molar-refractivity contribution < 1.29 is 19.1 Å². The van der Waals surface area contributed by atoms with Crippen LogP contribution >= 0.6 is 0 Å². The van der Waals surface area contributed by atoms with Gasteiger partial charge in [-0.3, -0.25) is 9.69 Å². The zero-order chi connectivity index (χ0) is 18.2. The fourth-order valence-electron chi connectivity index (χ4n) is 2.71. The number of rotatable bonds is 6. The molecule has 1 aromatic rings. The molecule has 1 aliphatic heterocycles. The molecule has 0 bridgehead atoms. The van der Waals surface area contributed by atoms with Gasteiger partial charge in [0.05, 0.1) is 25.9 Å². The maximum Gasteiger partial charge on any atom is 0.337 e. The van der Waals surface area contributed by atoms with E-state index in [-0.39, 0.29) is 24.0 Å². The molecule has 1 heterocycles. The van der Waals surface area contributed by atoms with Gasteiger partial charge in [0.1, 0.15) is 0 Å². The molecular weight excluding hydrogens is 320 g/mol. The van der Waals surface area contributed by atoms with Crippen LogP contribution in [0, 0.1) is 0 Å². The quantitative estimate of drug-likeness (QED) is 0.627. The monoisotopic (exact) mass is 346 g/mol. The second-order valence-corrected chi connectivity index (χ2v) is 6.13. The van der Waals surface area contributed by atoms with Crippen molar-refractivity contribution in [3.63, 3.8) is 0 Å². The number of carbonyl (C=O) groups is 2. The van der Waals surface area contributed by atoms with E-state index in [2.05, 4.69) is 21.9 Å². The molecule has 1 fully saturated rings. The minimum absolute atomic E-state index is 0.0388.